The summed E-state index contributed by atoms with van der Waals surface area (Å²) in [6, 6.07) is 7.40. The summed E-state index contributed by atoms with van der Waals surface area (Å²) in [4.78, 5) is 12.0. The molecule has 0 bridgehead atoms. The highest BCUT2D eigenvalue weighted by Crippen LogP contribution is 2.23. The van der Waals surface area contributed by atoms with Crippen LogP contribution < -0.4 is 14.8 Å². The highest BCUT2D eigenvalue weighted by molar-refractivity contribution is 5.80. The van der Waals surface area contributed by atoms with Crippen LogP contribution in [0.15, 0.2) is 24.3 Å². The predicted octanol–water partition coefficient (Wildman–Crippen LogP) is 2.39. The van der Waals surface area contributed by atoms with E-state index in [1.54, 1.807) is 7.11 Å². The topological polar surface area (TPSA) is 56.8 Å². The van der Waals surface area contributed by atoms with Gasteiger partial charge in [-0.05, 0) is 32.5 Å². The monoisotopic (exact) mass is 295 g/mol. The van der Waals surface area contributed by atoms with E-state index in [9.17, 15) is 4.79 Å². The Bertz CT molecular complexity index is 463. The number of ether oxygens (including phenoxy) is 3. The van der Waals surface area contributed by atoms with Gasteiger partial charge in [0, 0.05) is 12.5 Å². The van der Waals surface area contributed by atoms with Crippen molar-refractivity contribution in [1.29, 1.82) is 0 Å². The van der Waals surface area contributed by atoms with Gasteiger partial charge in [0.15, 0.2) is 0 Å². The van der Waals surface area contributed by atoms with E-state index in [1.807, 2.05) is 45.0 Å². The molecule has 0 aromatic heterocycles. The highest BCUT2D eigenvalue weighted by atomic mass is 16.5. The Morgan fingerprint density at radius 1 is 1.33 bits per heavy atom. The number of rotatable bonds is 8. The van der Waals surface area contributed by atoms with Crippen molar-refractivity contribution in [1.82, 2.24) is 5.32 Å². The first-order valence-corrected chi connectivity index (χ1v) is 7.09. The summed E-state index contributed by atoms with van der Waals surface area (Å²) >= 11 is 0. The second kappa shape index (κ2) is 7.88. The molecule has 0 aliphatic rings. The SMILES string of the molecule is CCNC(C)(CC(C)Oc1cccc(OC)c1)C(=O)OC. The van der Waals surface area contributed by atoms with Gasteiger partial charge in [-0.1, -0.05) is 13.0 Å². The maximum atomic E-state index is 12.0. The molecule has 1 aromatic carbocycles. The standard InChI is InChI=1S/C16H25NO4/c1-6-17-16(3,15(18)20-5)11-12(2)21-14-9-7-8-13(10-14)19-4/h7-10,12,17H,6,11H2,1-5H3. The number of carbonyl (C=O) groups excluding carboxylic acids is 1. The van der Waals surface area contributed by atoms with Crippen molar-refractivity contribution in [2.75, 3.05) is 20.8 Å². The third-order valence-corrected chi connectivity index (χ3v) is 3.28. The zero-order valence-electron chi connectivity index (χ0n) is 13.4. The molecule has 2 unspecified atom stereocenters. The minimum absolute atomic E-state index is 0.153. The quantitative estimate of drug-likeness (QED) is 0.746. The van der Waals surface area contributed by atoms with Crippen LogP contribution in [0.1, 0.15) is 27.2 Å². The molecule has 0 aliphatic carbocycles. The van der Waals surface area contributed by atoms with E-state index in [0.29, 0.717) is 18.7 Å². The second-order valence-corrected chi connectivity index (χ2v) is 5.17. The van der Waals surface area contributed by atoms with Gasteiger partial charge in [-0.3, -0.25) is 4.79 Å². The number of hydrogen-bond donors (Lipinski definition) is 1. The second-order valence-electron chi connectivity index (χ2n) is 5.17. The minimum Gasteiger partial charge on any atom is -0.497 e. The fourth-order valence-corrected chi connectivity index (χ4v) is 2.37. The third-order valence-electron chi connectivity index (χ3n) is 3.28. The molecule has 0 spiro atoms. The van der Waals surface area contributed by atoms with Crippen LogP contribution in [0.25, 0.3) is 0 Å². The Kier molecular flexibility index (Phi) is 6.49. The molecule has 2 atom stereocenters. The molecule has 118 valence electrons. The lowest BCUT2D eigenvalue weighted by Crippen LogP contribution is -2.52. The van der Waals surface area contributed by atoms with Gasteiger partial charge in [-0.15, -0.1) is 0 Å². The van der Waals surface area contributed by atoms with Gasteiger partial charge in [-0.25, -0.2) is 0 Å². The van der Waals surface area contributed by atoms with Gasteiger partial charge < -0.3 is 19.5 Å². The largest absolute Gasteiger partial charge is 0.497 e. The molecule has 1 rings (SSSR count). The molecule has 0 saturated carbocycles. The first-order chi connectivity index (χ1) is 9.95. The van der Waals surface area contributed by atoms with Gasteiger partial charge in [0.2, 0.25) is 0 Å². The molecule has 5 nitrogen and oxygen atoms in total. The maximum absolute atomic E-state index is 12.0. The zero-order valence-corrected chi connectivity index (χ0v) is 13.4. The number of hydrogen-bond acceptors (Lipinski definition) is 5. The summed E-state index contributed by atoms with van der Waals surface area (Å²) in [5, 5.41) is 3.17. The first-order valence-electron chi connectivity index (χ1n) is 7.09. The number of esters is 1. The van der Waals surface area contributed by atoms with Crippen LogP contribution >= 0.6 is 0 Å². The summed E-state index contributed by atoms with van der Waals surface area (Å²) in [5.41, 5.74) is -0.762. The molecule has 1 aromatic rings. The molecular weight excluding hydrogens is 270 g/mol. The molecule has 0 saturated heterocycles. The summed E-state index contributed by atoms with van der Waals surface area (Å²) in [6.07, 6.45) is 0.352. The molecule has 0 amide bonds. The number of carbonyl (C=O) groups is 1. The number of likely N-dealkylation sites (N-methyl/N-ethyl adjacent to an activating group) is 1. The van der Waals surface area contributed by atoms with Crippen molar-refractivity contribution in [3.8, 4) is 11.5 Å². The molecule has 0 radical (unpaired) electrons. The van der Waals surface area contributed by atoms with Crippen molar-refractivity contribution in [3.63, 3.8) is 0 Å². The van der Waals surface area contributed by atoms with Gasteiger partial charge >= 0.3 is 5.97 Å². The maximum Gasteiger partial charge on any atom is 0.325 e. The average molecular weight is 295 g/mol. The molecule has 0 aliphatic heterocycles. The van der Waals surface area contributed by atoms with Crippen LogP contribution in [0.3, 0.4) is 0 Å². The summed E-state index contributed by atoms with van der Waals surface area (Å²) in [5.74, 6) is 1.16. The highest BCUT2D eigenvalue weighted by Gasteiger charge is 2.35. The Labute approximate surface area is 126 Å². The van der Waals surface area contributed by atoms with Crippen molar-refractivity contribution in [3.05, 3.63) is 24.3 Å². The van der Waals surface area contributed by atoms with E-state index in [-0.39, 0.29) is 12.1 Å². The van der Waals surface area contributed by atoms with Crippen LogP contribution in [-0.4, -0.2) is 38.4 Å². The van der Waals surface area contributed by atoms with E-state index >= 15 is 0 Å². The van der Waals surface area contributed by atoms with Crippen molar-refractivity contribution in [2.45, 2.75) is 38.8 Å². The number of benzene rings is 1. The van der Waals surface area contributed by atoms with E-state index in [2.05, 4.69) is 5.32 Å². The van der Waals surface area contributed by atoms with Gasteiger partial charge in [-0.2, -0.15) is 0 Å². The lowest BCUT2D eigenvalue weighted by Gasteiger charge is -2.30. The van der Waals surface area contributed by atoms with Crippen LogP contribution in [0.2, 0.25) is 0 Å². The van der Waals surface area contributed by atoms with E-state index < -0.39 is 5.54 Å². The summed E-state index contributed by atoms with van der Waals surface area (Å²) < 4.78 is 15.9. The molecular formula is C16H25NO4. The molecule has 0 heterocycles. The summed E-state index contributed by atoms with van der Waals surface area (Å²) in [7, 11) is 3.01. The Balaban J connectivity index is 2.73. The van der Waals surface area contributed by atoms with E-state index in [4.69, 9.17) is 14.2 Å². The minimum atomic E-state index is -0.762. The van der Waals surface area contributed by atoms with Crippen LogP contribution in [0, 0.1) is 0 Å². The van der Waals surface area contributed by atoms with E-state index in [1.165, 1.54) is 7.11 Å². The van der Waals surface area contributed by atoms with Crippen molar-refractivity contribution < 1.29 is 19.0 Å². The van der Waals surface area contributed by atoms with Crippen LogP contribution in [-0.2, 0) is 9.53 Å². The Hall–Kier alpha value is -1.75. The smallest absolute Gasteiger partial charge is 0.325 e. The summed E-state index contributed by atoms with van der Waals surface area (Å²) in [6.45, 7) is 6.39. The Morgan fingerprint density at radius 3 is 2.57 bits per heavy atom. The zero-order chi connectivity index (χ0) is 15.9. The van der Waals surface area contributed by atoms with Crippen LogP contribution in [0.4, 0.5) is 0 Å². The predicted molar refractivity (Wildman–Crippen MR) is 81.8 cm³/mol. The van der Waals surface area contributed by atoms with Crippen molar-refractivity contribution in [2.24, 2.45) is 0 Å². The molecule has 21 heavy (non-hydrogen) atoms. The Morgan fingerprint density at radius 2 is 2.00 bits per heavy atom. The fourth-order valence-electron chi connectivity index (χ4n) is 2.37. The molecule has 5 heteroatoms. The van der Waals surface area contributed by atoms with Gasteiger partial charge in [0.05, 0.1) is 20.3 Å². The normalized spacial score (nSPS) is 14.9. The first kappa shape index (κ1) is 17.3. The van der Waals surface area contributed by atoms with Crippen molar-refractivity contribution >= 4 is 5.97 Å². The fraction of sp³-hybridized carbons (Fsp3) is 0.562. The lowest BCUT2D eigenvalue weighted by molar-refractivity contribution is -0.149. The molecule has 0 fully saturated rings. The van der Waals surface area contributed by atoms with Crippen LogP contribution in [0.5, 0.6) is 11.5 Å². The third kappa shape index (κ3) is 4.93. The average Bonchev–Trinajstić information content (AvgIpc) is 2.46. The lowest BCUT2D eigenvalue weighted by atomic mass is 9.94. The number of nitrogens with one attached hydrogen (secondary N) is 1. The number of methoxy groups -OCH3 is 2. The molecule has 1 N–H and O–H groups in total. The van der Waals surface area contributed by atoms with E-state index in [0.717, 1.165) is 5.75 Å². The van der Waals surface area contributed by atoms with Gasteiger partial charge in [0.25, 0.3) is 0 Å². The van der Waals surface area contributed by atoms with Gasteiger partial charge in [0.1, 0.15) is 17.0 Å².